The zero-order valence-electron chi connectivity index (χ0n) is 34.1. The molecule has 0 bridgehead atoms. The van der Waals surface area contributed by atoms with Crippen LogP contribution in [-0.2, 0) is 34.2 Å². The van der Waals surface area contributed by atoms with E-state index < -0.39 is 0 Å². The van der Waals surface area contributed by atoms with E-state index in [0.717, 1.165) is 0 Å². The van der Waals surface area contributed by atoms with Gasteiger partial charge in [0.05, 0.1) is 0 Å². The topological polar surface area (TPSA) is 0 Å². The summed E-state index contributed by atoms with van der Waals surface area (Å²) in [4.78, 5) is 0. The summed E-state index contributed by atoms with van der Waals surface area (Å²) in [5.74, 6) is 0.573. The summed E-state index contributed by atoms with van der Waals surface area (Å²) in [7, 11) is 0. The summed E-state index contributed by atoms with van der Waals surface area (Å²) >= 11 is 1.36. The predicted octanol–water partition coefficient (Wildman–Crippen LogP) is 15.5. The van der Waals surface area contributed by atoms with E-state index >= 15 is 0 Å². The fraction of sp³-hybridized carbons (Fsp3) is 0.240. The average molecular weight is 849 g/mol. The number of aryl methyl sites for hydroxylation is 1. The molecule has 0 aromatic heterocycles. The van der Waals surface area contributed by atoms with Crippen molar-refractivity contribution in [1.29, 1.82) is 0 Å². The molecular formula is C50H58Cl2SiZr-4. The van der Waals surface area contributed by atoms with Crippen molar-refractivity contribution in [3.05, 3.63) is 171 Å². The second-order valence-electron chi connectivity index (χ2n) is 15.8. The van der Waals surface area contributed by atoms with E-state index in [-0.39, 0.29) is 50.5 Å². The summed E-state index contributed by atoms with van der Waals surface area (Å²) in [6, 6.07) is 49.2. The second-order valence-corrected chi connectivity index (χ2v) is 15.8. The molecule has 0 unspecified atom stereocenters. The Hall–Kier alpha value is -3.00. The molecule has 0 aliphatic carbocycles. The van der Waals surface area contributed by atoms with Crippen LogP contribution in [0.1, 0.15) is 83.6 Å². The molecule has 0 spiro atoms. The molecule has 284 valence electrons. The minimum atomic E-state index is 0. The number of fused-ring (bicyclic) bond motifs is 2. The first kappa shape index (κ1) is 49.0. The van der Waals surface area contributed by atoms with E-state index in [1.54, 1.807) is 0 Å². The molecule has 0 nitrogen and oxygen atoms in total. The Balaban J connectivity index is 0.000000487. The Labute approximate surface area is 357 Å². The molecule has 0 aliphatic heterocycles. The Morgan fingerprint density at radius 1 is 0.519 bits per heavy atom. The maximum absolute atomic E-state index is 3.06. The van der Waals surface area contributed by atoms with E-state index in [4.69, 9.17) is 0 Å². The number of hydrogen-bond acceptors (Lipinski definition) is 0. The van der Waals surface area contributed by atoms with E-state index in [1.807, 2.05) is 0 Å². The van der Waals surface area contributed by atoms with Gasteiger partial charge in [0.2, 0.25) is 0 Å². The van der Waals surface area contributed by atoms with Gasteiger partial charge >= 0.3 is 30.2 Å². The molecule has 7 aromatic rings. The van der Waals surface area contributed by atoms with Crippen LogP contribution in [0.15, 0.2) is 133 Å². The van der Waals surface area contributed by atoms with Gasteiger partial charge < -0.3 is 14.9 Å². The van der Waals surface area contributed by atoms with Gasteiger partial charge in [0.15, 0.2) is 0 Å². The van der Waals surface area contributed by atoms with Crippen LogP contribution in [0.3, 0.4) is 0 Å². The number of hydrogen-bond donors (Lipinski definition) is 0. The number of halogens is 2. The summed E-state index contributed by atoms with van der Waals surface area (Å²) in [5.41, 5.74) is 13.7. The molecule has 0 atom stereocenters. The van der Waals surface area contributed by atoms with Gasteiger partial charge in [-0.3, -0.25) is 0 Å². The normalized spacial score (nSPS) is 10.8. The zero-order valence-corrected chi connectivity index (χ0v) is 39.2. The third kappa shape index (κ3) is 11.3. The Morgan fingerprint density at radius 3 is 1.46 bits per heavy atom. The molecule has 0 amide bonds. The van der Waals surface area contributed by atoms with Crippen molar-refractivity contribution in [3.63, 3.8) is 0 Å². The quantitative estimate of drug-likeness (QED) is 0.122. The summed E-state index contributed by atoms with van der Waals surface area (Å²) in [6.45, 7) is 23.3. The second kappa shape index (κ2) is 20.8. The molecule has 0 N–H and O–H groups in total. The molecule has 0 saturated heterocycles. The summed E-state index contributed by atoms with van der Waals surface area (Å²) in [5, 5.41) is 5.40. The van der Waals surface area contributed by atoms with Crippen LogP contribution in [0.5, 0.6) is 0 Å². The molecule has 7 rings (SSSR count). The zero-order chi connectivity index (χ0) is 36.2. The predicted molar refractivity (Wildman–Crippen MR) is 245 cm³/mol. The maximum atomic E-state index is 3.06. The summed E-state index contributed by atoms with van der Waals surface area (Å²) in [6.07, 6.45) is 0. The van der Waals surface area contributed by atoms with E-state index in [2.05, 4.69) is 203 Å². The van der Waals surface area contributed by atoms with Gasteiger partial charge in [-0.05, 0) is 39.0 Å². The van der Waals surface area contributed by atoms with Crippen LogP contribution in [0.4, 0.5) is 0 Å². The standard InChI is InChI=1S/C26H25.C22H25.2CH3.2ClH.Si.Zr/c1-18-16-24-22(19-8-6-5-7-9-19)14-15-23(25(24)17-18)20-10-12-21(13-11-20)26(2,3)4;1-15(2)18-13-17-7-6-8-20(21(17)14-18)16-9-11-19(12-10-16)22(3,4)5;;;;;;/h5-17H,1-4H3;6-15H,1-5H3;2*1H3;2*1H;;/q4*-1;;;;. The van der Waals surface area contributed by atoms with Gasteiger partial charge in [0.1, 0.15) is 0 Å². The van der Waals surface area contributed by atoms with Crippen molar-refractivity contribution in [2.45, 2.75) is 79.1 Å². The van der Waals surface area contributed by atoms with Crippen LogP contribution in [0.25, 0.3) is 54.9 Å². The molecular weight excluding hydrogens is 791 g/mol. The van der Waals surface area contributed by atoms with Crippen molar-refractivity contribution in [1.82, 2.24) is 0 Å². The van der Waals surface area contributed by atoms with Crippen LogP contribution in [0, 0.1) is 21.8 Å². The fourth-order valence-corrected chi connectivity index (χ4v) is 6.71. The van der Waals surface area contributed by atoms with E-state index in [1.165, 1.54) is 101 Å². The SMILES string of the molecule is CC(C)c1cc2c(-c3ccc(C(C)(C)C)cc3)cccc2[cH-]1.Cc1cc2c(-c3ccc(C(C)(C)C)cc3)ccc(-c3ccccc3)c2[cH-]1.Cl.Cl.[CH3-].[CH3-].[Si]=[Zr]. The Bertz CT molecular complexity index is 2170. The molecule has 2 radical (unpaired) electrons. The molecule has 0 saturated carbocycles. The molecule has 7 aromatic carbocycles. The van der Waals surface area contributed by atoms with Crippen LogP contribution < -0.4 is 0 Å². The average Bonchev–Trinajstić information content (AvgIpc) is 3.73. The van der Waals surface area contributed by atoms with Gasteiger partial charge in [-0.2, -0.15) is 12.1 Å². The van der Waals surface area contributed by atoms with Crippen LogP contribution >= 0.6 is 24.8 Å². The molecule has 4 heteroatoms. The van der Waals surface area contributed by atoms with Gasteiger partial charge in [-0.15, -0.1) is 81.8 Å². The first-order valence-electron chi connectivity index (χ1n) is 17.7. The Kier molecular flexibility index (Phi) is 18.9. The Morgan fingerprint density at radius 2 is 0.981 bits per heavy atom. The van der Waals surface area contributed by atoms with Crippen LogP contribution in [-0.4, -0.2) is 6.88 Å². The van der Waals surface area contributed by atoms with Crippen molar-refractivity contribution in [3.8, 4) is 33.4 Å². The van der Waals surface area contributed by atoms with Crippen molar-refractivity contribution < 1.29 is 23.3 Å². The first-order valence-corrected chi connectivity index (χ1v) is 21.9. The van der Waals surface area contributed by atoms with Gasteiger partial charge in [-0.25, -0.2) is 0 Å². The van der Waals surface area contributed by atoms with E-state index in [9.17, 15) is 0 Å². The molecule has 0 fully saturated rings. The van der Waals surface area contributed by atoms with Gasteiger partial charge in [-0.1, -0.05) is 182 Å². The van der Waals surface area contributed by atoms with Crippen molar-refractivity contribution in [2.75, 3.05) is 0 Å². The monoisotopic (exact) mass is 846 g/mol. The number of rotatable bonds is 4. The minimum absolute atomic E-state index is 0. The molecule has 0 heterocycles. The third-order valence-electron chi connectivity index (χ3n) is 9.68. The fourth-order valence-electron chi connectivity index (χ4n) is 6.71. The van der Waals surface area contributed by atoms with E-state index in [0.29, 0.717) is 5.92 Å². The van der Waals surface area contributed by atoms with Crippen molar-refractivity contribution in [2.24, 2.45) is 0 Å². The molecule has 0 aliphatic rings. The molecule has 54 heavy (non-hydrogen) atoms. The van der Waals surface area contributed by atoms with Crippen molar-refractivity contribution >= 4 is 53.2 Å². The number of benzene rings is 5. The first-order chi connectivity index (χ1) is 23.8. The summed E-state index contributed by atoms with van der Waals surface area (Å²) < 4.78 is 0. The van der Waals surface area contributed by atoms with Gasteiger partial charge in [0, 0.05) is 0 Å². The van der Waals surface area contributed by atoms with Gasteiger partial charge in [0.25, 0.3) is 0 Å². The van der Waals surface area contributed by atoms with Crippen LogP contribution in [0.2, 0.25) is 0 Å². The third-order valence-corrected chi connectivity index (χ3v) is 9.68.